The summed E-state index contributed by atoms with van der Waals surface area (Å²) < 4.78 is 11.3. The number of imidazole rings is 1. The summed E-state index contributed by atoms with van der Waals surface area (Å²) >= 11 is 0. The zero-order valence-electron chi connectivity index (χ0n) is 19.9. The van der Waals surface area contributed by atoms with Crippen molar-refractivity contribution in [1.82, 2.24) is 14.9 Å². The fraction of sp³-hybridized carbons (Fsp3) is 0.286. The van der Waals surface area contributed by atoms with Gasteiger partial charge >= 0.3 is 0 Å². The molecule has 3 N–H and O–H groups in total. The van der Waals surface area contributed by atoms with Gasteiger partial charge in [-0.1, -0.05) is 36.4 Å². The van der Waals surface area contributed by atoms with Crippen LogP contribution in [0.1, 0.15) is 22.3 Å². The first-order valence-corrected chi connectivity index (χ1v) is 12.0. The van der Waals surface area contributed by atoms with Gasteiger partial charge in [0.05, 0.1) is 30.9 Å². The molecule has 0 bridgehead atoms. The maximum atomic E-state index is 11.8. The largest absolute Gasteiger partial charge is 0.494 e. The Balaban J connectivity index is 1.22. The van der Waals surface area contributed by atoms with Crippen LogP contribution in [0, 0.1) is 6.92 Å². The van der Waals surface area contributed by atoms with Crippen molar-refractivity contribution in [1.29, 1.82) is 0 Å². The Kier molecular flexibility index (Phi) is 6.79. The number of rotatable bonds is 8. The number of fused-ring (bicyclic) bond motifs is 1. The molecule has 1 saturated heterocycles. The maximum Gasteiger partial charge on any atom is 0.250 e. The van der Waals surface area contributed by atoms with E-state index in [0.717, 1.165) is 72.8 Å². The number of amides is 1. The average molecular weight is 471 g/mol. The van der Waals surface area contributed by atoms with Gasteiger partial charge in [0.25, 0.3) is 5.91 Å². The van der Waals surface area contributed by atoms with Crippen LogP contribution in [0.2, 0.25) is 0 Å². The number of primary amides is 1. The zero-order chi connectivity index (χ0) is 24.2. The Morgan fingerprint density at radius 1 is 1.03 bits per heavy atom. The number of H-pyrrole nitrogens is 1. The smallest absolute Gasteiger partial charge is 0.250 e. The van der Waals surface area contributed by atoms with E-state index >= 15 is 0 Å². The third-order valence-electron chi connectivity index (χ3n) is 6.33. The first-order valence-electron chi connectivity index (χ1n) is 12.0. The SMILES string of the molecule is Cc1cc(C(N)=O)c2nc(-c3ccc(-c4ccc(OCCCN5CCOCC5)cc4)cc3)[nH]c2c1. The Labute approximate surface area is 204 Å². The molecular weight excluding hydrogens is 440 g/mol. The number of aryl methyl sites for hydroxylation is 1. The summed E-state index contributed by atoms with van der Waals surface area (Å²) in [5.74, 6) is 1.12. The van der Waals surface area contributed by atoms with E-state index in [0.29, 0.717) is 23.5 Å². The van der Waals surface area contributed by atoms with Crippen molar-refractivity contribution in [3.05, 3.63) is 71.8 Å². The minimum Gasteiger partial charge on any atom is -0.494 e. The lowest BCUT2D eigenvalue weighted by Crippen LogP contribution is -2.37. The monoisotopic (exact) mass is 470 g/mol. The number of benzene rings is 3. The highest BCUT2D eigenvalue weighted by molar-refractivity contribution is 6.05. The number of nitrogens with zero attached hydrogens (tertiary/aromatic N) is 2. The topological polar surface area (TPSA) is 93.5 Å². The van der Waals surface area contributed by atoms with Crippen molar-refractivity contribution in [3.63, 3.8) is 0 Å². The molecule has 0 unspecified atom stereocenters. The maximum absolute atomic E-state index is 11.8. The summed E-state index contributed by atoms with van der Waals surface area (Å²) in [7, 11) is 0. The second-order valence-electron chi connectivity index (χ2n) is 8.92. The van der Waals surface area contributed by atoms with Gasteiger partial charge in [0, 0.05) is 25.2 Å². The van der Waals surface area contributed by atoms with Gasteiger partial charge in [-0.05, 0) is 54.3 Å². The molecule has 0 atom stereocenters. The molecule has 1 aliphatic heterocycles. The Bertz CT molecular complexity index is 1310. The predicted molar refractivity (Wildman–Crippen MR) is 138 cm³/mol. The van der Waals surface area contributed by atoms with E-state index in [9.17, 15) is 4.79 Å². The molecule has 3 aromatic carbocycles. The fourth-order valence-electron chi connectivity index (χ4n) is 4.45. The van der Waals surface area contributed by atoms with E-state index in [2.05, 4.69) is 39.1 Å². The number of nitrogens with two attached hydrogens (primary N) is 1. The normalized spacial score (nSPS) is 14.3. The zero-order valence-corrected chi connectivity index (χ0v) is 19.9. The number of hydrogen-bond acceptors (Lipinski definition) is 5. The highest BCUT2D eigenvalue weighted by Crippen LogP contribution is 2.28. The Morgan fingerprint density at radius 3 is 2.37 bits per heavy atom. The van der Waals surface area contributed by atoms with E-state index in [1.54, 1.807) is 6.07 Å². The average Bonchev–Trinajstić information content (AvgIpc) is 3.31. The number of carbonyl (C=O) groups excluding carboxylic acids is 1. The Morgan fingerprint density at radius 2 is 1.69 bits per heavy atom. The molecule has 180 valence electrons. The van der Waals surface area contributed by atoms with E-state index in [-0.39, 0.29) is 0 Å². The van der Waals surface area contributed by atoms with E-state index < -0.39 is 5.91 Å². The number of ether oxygens (including phenoxy) is 2. The van der Waals surface area contributed by atoms with Crippen LogP contribution in [0.25, 0.3) is 33.5 Å². The number of nitrogens with one attached hydrogen (secondary N) is 1. The highest BCUT2D eigenvalue weighted by Gasteiger charge is 2.14. The van der Waals surface area contributed by atoms with Crippen molar-refractivity contribution in [3.8, 4) is 28.3 Å². The summed E-state index contributed by atoms with van der Waals surface area (Å²) in [6.07, 6.45) is 1.01. The fourth-order valence-corrected chi connectivity index (χ4v) is 4.45. The molecule has 1 aromatic heterocycles. The standard InChI is InChI=1S/C28H30N4O3/c1-19-17-24(27(29)33)26-25(18-19)30-28(31-26)22-5-3-20(4-6-22)21-7-9-23(10-8-21)35-14-2-11-32-12-15-34-16-13-32/h3-10,17-18H,2,11-16H2,1H3,(H2,29,33)(H,30,31). The van der Waals surface area contributed by atoms with Crippen LogP contribution in [-0.4, -0.2) is 60.2 Å². The van der Waals surface area contributed by atoms with Gasteiger partial charge in [0.1, 0.15) is 17.1 Å². The van der Waals surface area contributed by atoms with Crippen molar-refractivity contribution in [2.24, 2.45) is 5.73 Å². The van der Waals surface area contributed by atoms with Crippen LogP contribution in [0.5, 0.6) is 5.75 Å². The van der Waals surface area contributed by atoms with Crippen molar-refractivity contribution < 1.29 is 14.3 Å². The first kappa shape index (κ1) is 23.1. The summed E-state index contributed by atoms with van der Waals surface area (Å²) in [4.78, 5) is 22.2. The number of aromatic nitrogens is 2. The molecule has 5 rings (SSSR count). The molecule has 1 amide bonds. The van der Waals surface area contributed by atoms with Gasteiger partial charge < -0.3 is 20.2 Å². The molecule has 0 radical (unpaired) electrons. The first-order chi connectivity index (χ1) is 17.1. The van der Waals surface area contributed by atoms with Crippen LogP contribution in [0.4, 0.5) is 0 Å². The minimum absolute atomic E-state index is 0.433. The van der Waals surface area contributed by atoms with E-state index in [1.807, 2.05) is 37.3 Å². The van der Waals surface area contributed by atoms with E-state index in [4.69, 9.17) is 15.2 Å². The van der Waals surface area contributed by atoms with E-state index in [1.165, 1.54) is 0 Å². The minimum atomic E-state index is -0.475. The van der Waals surface area contributed by atoms with Crippen LogP contribution < -0.4 is 10.5 Å². The molecule has 4 aromatic rings. The molecule has 7 heteroatoms. The van der Waals surface area contributed by atoms with Crippen LogP contribution >= 0.6 is 0 Å². The second-order valence-corrected chi connectivity index (χ2v) is 8.92. The second kappa shape index (κ2) is 10.3. The number of hydrogen-bond donors (Lipinski definition) is 2. The third-order valence-corrected chi connectivity index (χ3v) is 6.33. The lowest BCUT2D eigenvalue weighted by molar-refractivity contribution is 0.0358. The van der Waals surface area contributed by atoms with Gasteiger partial charge in [-0.2, -0.15) is 0 Å². The number of aromatic amines is 1. The van der Waals surface area contributed by atoms with Crippen LogP contribution in [0.3, 0.4) is 0 Å². The van der Waals surface area contributed by atoms with Gasteiger partial charge in [0.2, 0.25) is 0 Å². The predicted octanol–water partition coefficient (Wildman–Crippen LogP) is 4.41. The third kappa shape index (κ3) is 5.37. The lowest BCUT2D eigenvalue weighted by atomic mass is 10.0. The molecule has 7 nitrogen and oxygen atoms in total. The highest BCUT2D eigenvalue weighted by atomic mass is 16.5. The van der Waals surface area contributed by atoms with Crippen molar-refractivity contribution in [2.45, 2.75) is 13.3 Å². The van der Waals surface area contributed by atoms with Crippen LogP contribution in [-0.2, 0) is 4.74 Å². The summed E-state index contributed by atoms with van der Waals surface area (Å²) in [5, 5.41) is 0. The summed E-state index contributed by atoms with van der Waals surface area (Å²) in [6.45, 7) is 7.37. The van der Waals surface area contributed by atoms with Gasteiger partial charge in [0.15, 0.2) is 0 Å². The molecular formula is C28H30N4O3. The number of carbonyl (C=O) groups is 1. The molecule has 1 fully saturated rings. The number of morpholine rings is 1. The quantitative estimate of drug-likeness (QED) is 0.372. The van der Waals surface area contributed by atoms with Crippen LogP contribution in [0.15, 0.2) is 60.7 Å². The van der Waals surface area contributed by atoms with Crippen molar-refractivity contribution in [2.75, 3.05) is 39.5 Å². The molecule has 35 heavy (non-hydrogen) atoms. The summed E-state index contributed by atoms with van der Waals surface area (Å²) in [5.41, 5.74) is 11.5. The molecule has 2 heterocycles. The Hall–Kier alpha value is -3.68. The molecule has 0 aliphatic carbocycles. The van der Waals surface area contributed by atoms with Gasteiger partial charge in [-0.15, -0.1) is 0 Å². The molecule has 0 saturated carbocycles. The lowest BCUT2D eigenvalue weighted by Gasteiger charge is -2.26. The van der Waals surface area contributed by atoms with Gasteiger partial charge in [-0.25, -0.2) is 4.98 Å². The molecule has 0 spiro atoms. The molecule has 1 aliphatic rings. The summed E-state index contributed by atoms with van der Waals surface area (Å²) in [6, 6.07) is 20.1. The van der Waals surface area contributed by atoms with Crippen molar-refractivity contribution >= 4 is 16.9 Å². The van der Waals surface area contributed by atoms with Gasteiger partial charge in [-0.3, -0.25) is 9.69 Å².